The summed E-state index contributed by atoms with van der Waals surface area (Å²) in [4.78, 5) is 24.4. The normalized spacial score (nSPS) is 12.4. The van der Waals surface area contributed by atoms with E-state index in [2.05, 4.69) is 18.7 Å². The monoisotopic (exact) mass is 278 g/mol. The van der Waals surface area contributed by atoms with Gasteiger partial charge in [0.05, 0.1) is 11.5 Å². The van der Waals surface area contributed by atoms with Crippen molar-refractivity contribution in [2.24, 2.45) is 5.92 Å². The van der Waals surface area contributed by atoms with Gasteiger partial charge in [-0.05, 0) is 24.6 Å². The van der Waals surface area contributed by atoms with E-state index in [1.165, 1.54) is 24.3 Å². The Labute approximate surface area is 119 Å². The number of carbonyl (C=O) groups excluding carboxylic acids is 1. The predicted octanol–water partition coefficient (Wildman–Crippen LogP) is 3.15. The largest absolute Gasteiger partial charge is 0.296 e. The van der Waals surface area contributed by atoms with Crippen LogP contribution in [0.3, 0.4) is 0 Å². The van der Waals surface area contributed by atoms with Crippen molar-refractivity contribution in [1.29, 1.82) is 0 Å². The highest BCUT2D eigenvalue weighted by Crippen LogP contribution is 2.13. The van der Waals surface area contributed by atoms with Crippen molar-refractivity contribution in [3.63, 3.8) is 0 Å². The van der Waals surface area contributed by atoms with Gasteiger partial charge in [-0.1, -0.05) is 27.2 Å². The average molecular weight is 278 g/mol. The van der Waals surface area contributed by atoms with Crippen LogP contribution >= 0.6 is 0 Å². The Balaban J connectivity index is 2.66. The second-order valence-corrected chi connectivity index (χ2v) is 5.07. The maximum absolute atomic E-state index is 12.2. The van der Waals surface area contributed by atoms with E-state index in [-0.39, 0.29) is 11.5 Å². The second kappa shape index (κ2) is 7.75. The van der Waals surface area contributed by atoms with Gasteiger partial charge in [0.2, 0.25) is 0 Å². The molecule has 0 saturated carbocycles. The third-order valence-electron chi connectivity index (χ3n) is 3.48. The standard InChI is InChI=1S/C15H22N2O3/c1-4-12(3)10-16(5-2)11-15(18)13-6-8-14(9-7-13)17(19)20/h6-9,12H,4-5,10-11H2,1-3H3. The average Bonchev–Trinajstić information content (AvgIpc) is 2.46. The molecule has 1 unspecified atom stereocenters. The van der Waals surface area contributed by atoms with Crippen LogP contribution in [0.1, 0.15) is 37.6 Å². The minimum Gasteiger partial charge on any atom is -0.296 e. The number of carbonyl (C=O) groups is 1. The molecule has 0 aliphatic heterocycles. The zero-order valence-corrected chi connectivity index (χ0v) is 12.3. The van der Waals surface area contributed by atoms with E-state index < -0.39 is 4.92 Å². The predicted molar refractivity (Wildman–Crippen MR) is 79.0 cm³/mol. The molecule has 0 fully saturated rings. The van der Waals surface area contributed by atoms with Crippen LogP contribution in [0.25, 0.3) is 0 Å². The third kappa shape index (κ3) is 4.74. The molecule has 1 aromatic rings. The molecule has 110 valence electrons. The van der Waals surface area contributed by atoms with Gasteiger partial charge in [0, 0.05) is 24.2 Å². The zero-order valence-electron chi connectivity index (χ0n) is 12.3. The number of Topliss-reactive ketones (excluding diaryl/α,β-unsaturated/α-hetero) is 1. The molecule has 0 aliphatic carbocycles. The van der Waals surface area contributed by atoms with Gasteiger partial charge >= 0.3 is 0 Å². The number of nitro groups is 1. The molecule has 1 atom stereocenters. The highest BCUT2D eigenvalue weighted by molar-refractivity contribution is 5.97. The van der Waals surface area contributed by atoms with Gasteiger partial charge in [-0.2, -0.15) is 0 Å². The van der Waals surface area contributed by atoms with Gasteiger partial charge in [-0.25, -0.2) is 0 Å². The molecule has 0 amide bonds. The molecular weight excluding hydrogens is 256 g/mol. The molecule has 1 rings (SSSR count). The van der Waals surface area contributed by atoms with Gasteiger partial charge < -0.3 is 0 Å². The van der Waals surface area contributed by atoms with Crippen LogP contribution in [-0.4, -0.2) is 35.2 Å². The Hall–Kier alpha value is -1.75. The van der Waals surface area contributed by atoms with Crippen LogP contribution in [-0.2, 0) is 0 Å². The summed E-state index contributed by atoms with van der Waals surface area (Å²) in [6, 6.07) is 5.80. The molecular formula is C15H22N2O3. The SMILES string of the molecule is CCC(C)CN(CC)CC(=O)c1ccc([N+](=O)[O-])cc1. The first-order chi connectivity index (χ1) is 9.47. The number of nitrogens with zero attached hydrogens (tertiary/aromatic N) is 2. The number of non-ortho nitro benzene ring substituents is 1. The number of benzene rings is 1. The van der Waals surface area contributed by atoms with Crippen LogP contribution < -0.4 is 0 Å². The summed E-state index contributed by atoms with van der Waals surface area (Å²) in [6.45, 7) is 8.41. The van der Waals surface area contributed by atoms with Gasteiger partial charge in [-0.3, -0.25) is 19.8 Å². The van der Waals surface area contributed by atoms with Crippen LogP contribution in [0.5, 0.6) is 0 Å². The summed E-state index contributed by atoms with van der Waals surface area (Å²) >= 11 is 0. The number of nitro benzene ring substituents is 1. The lowest BCUT2D eigenvalue weighted by Crippen LogP contribution is -2.33. The van der Waals surface area contributed by atoms with Gasteiger partial charge in [0.15, 0.2) is 5.78 Å². The van der Waals surface area contributed by atoms with Crippen LogP contribution in [0.4, 0.5) is 5.69 Å². The summed E-state index contributed by atoms with van der Waals surface area (Å²) in [6.07, 6.45) is 1.09. The molecule has 0 spiro atoms. The van der Waals surface area contributed by atoms with Crippen molar-refractivity contribution in [2.45, 2.75) is 27.2 Å². The first-order valence-electron chi connectivity index (χ1n) is 6.97. The van der Waals surface area contributed by atoms with E-state index in [1.807, 2.05) is 6.92 Å². The number of rotatable bonds is 8. The first kappa shape index (κ1) is 16.3. The summed E-state index contributed by atoms with van der Waals surface area (Å²) in [5.41, 5.74) is 0.534. The number of hydrogen-bond acceptors (Lipinski definition) is 4. The fourth-order valence-electron chi connectivity index (χ4n) is 1.94. The Morgan fingerprint density at radius 2 is 1.90 bits per heavy atom. The van der Waals surface area contributed by atoms with Crippen LogP contribution in [0.2, 0.25) is 0 Å². The maximum atomic E-state index is 12.2. The van der Waals surface area contributed by atoms with Crippen LogP contribution in [0.15, 0.2) is 24.3 Å². The van der Waals surface area contributed by atoms with E-state index in [0.717, 1.165) is 19.5 Å². The Morgan fingerprint density at radius 1 is 1.30 bits per heavy atom. The van der Waals surface area contributed by atoms with E-state index in [4.69, 9.17) is 0 Å². The molecule has 5 heteroatoms. The number of likely N-dealkylation sites (N-methyl/N-ethyl adjacent to an activating group) is 1. The van der Waals surface area contributed by atoms with E-state index in [1.54, 1.807) is 0 Å². The topological polar surface area (TPSA) is 63.5 Å². The molecule has 0 aromatic heterocycles. The summed E-state index contributed by atoms with van der Waals surface area (Å²) in [5.74, 6) is 0.560. The quantitative estimate of drug-likeness (QED) is 0.416. The Morgan fingerprint density at radius 3 is 2.35 bits per heavy atom. The molecule has 0 aliphatic rings. The number of hydrogen-bond donors (Lipinski definition) is 0. The van der Waals surface area contributed by atoms with Crippen LogP contribution in [0, 0.1) is 16.0 Å². The Bertz CT molecular complexity index is 457. The minimum atomic E-state index is -0.463. The molecule has 0 radical (unpaired) electrons. The maximum Gasteiger partial charge on any atom is 0.269 e. The fraction of sp³-hybridized carbons (Fsp3) is 0.533. The van der Waals surface area contributed by atoms with Crippen molar-refractivity contribution in [1.82, 2.24) is 4.90 Å². The van der Waals surface area contributed by atoms with Gasteiger partial charge in [0.1, 0.15) is 0 Å². The van der Waals surface area contributed by atoms with E-state index in [9.17, 15) is 14.9 Å². The molecule has 20 heavy (non-hydrogen) atoms. The van der Waals surface area contributed by atoms with E-state index >= 15 is 0 Å². The number of ketones is 1. The highest BCUT2D eigenvalue weighted by atomic mass is 16.6. The zero-order chi connectivity index (χ0) is 15.1. The van der Waals surface area contributed by atoms with Gasteiger partial charge in [0.25, 0.3) is 5.69 Å². The molecule has 0 N–H and O–H groups in total. The lowest BCUT2D eigenvalue weighted by Gasteiger charge is -2.22. The lowest BCUT2D eigenvalue weighted by atomic mass is 10.1. The smallest absolute Gasteiger partial charge is 0.269 e. The molecule has 0 saturated heterocycles. The Kier molecular flexibility index (Phi) is 6.31. The van der Waals surface area contributed by atoms with Crippen molar-refractivity contribution in [3.8, 4) is 0 Å². The van der Waals surface area contributed by atoms with Crippen molar-refractivity contribution >= 4 is 11.5 Å². The molecule has 0 heterocycles. The van der Waals surface area contributed by atoms with Crippen molar-refractivity contribution in [3.05, 3.63) is 39.9 Å². The molecule has 1 aromatic carbocycles. The molecule has 0 bridgehead atoms. The summed E-state index contributed by atoms with van der Waals surface area (Å²) < 4.78 is 0. The highest BCUT2D eigenvalue weighted by Gasteiger charge is 2.14. The minimum absolute atomic E-state index is 0.00468. The summed E-state index contributed by atoms with van der Waals surface area (Å²) in [7, 11) is 0. The third-order valence-corrected chi connectivity index (χ3v) is 3.48. The van der Waals surface area contributed by atoms with Gasteiger partial charge in [-0.15, -0.1) is 0 Å². The molecule has 5 nitrogen and oxygen atoms in total. The summed E-state index contributed by atoms with van der Waals surface area (Å²) in [5, 5.41) is 10.6. The van der Waals surface area contributed by atoms with Crippen molar-refractivity contribution in [2.75, 3.05) is 19.6 Å². The van der Waals surface area contributed by atoms with Crippen molar-refractivity contribution < 1.29 is 9.72 Å². The lowest BCUT2D eigenvalue weighted by molar-refractivity contribution is -0.384. The fourth-order valence-corrected chi connectivity index (χ4v) is 1.94. The van der Waals surface area contributed by atoms with E-state index in [0.29, 0.717) is 18.0 Å². The second-order valence-electron chi connectivity index (χ2n) is 5.07. The first-order valence-corrected chi connectivity index (χ1v) is 6.97.